The molecule has 0 radical (unpaired) electrons. The molecule has 0 spiro atoms. The van der Waals surface area contributed by atoms with Crippen LogP contribution in [0.2, 0.25) is 0 Å². The van der Waals surface area contributed by atoms with Crippen LogP contribution in [0.1, 0.15) is 19.3 Å². The average Bonchev–Trinajstić information content (AvgIpc) is 2.12. The summed E-state index contributed by atoms with van der Waals surface area (Å²) in [5.41, 5.74) is 0. The minimum absolute atomic E-state index is 0.577. The molecule has 2 rings (SSSR count). The van der Waals surface area contributed by atoms with Gasteiger partial charge < -0.3 is 10.1 Å². The van der Waals surface area contributed by atoms with Gasteiger partial charge >= 0.3 is 0 Å². The Kier molecular flexibility index (Phi) is 2.29. The molecule has 13 heavy (non-hydrogen) atoms. The molecular weight excluding hydrogens is 166 g/mol. The van der Waals surface area contributed by atoms with E-state index in [9.17, 15) is 0 Å². The van der Waals surface area contributed by atoms with Crippen LogP contribution in [0, 0.1) is 0 Å². The van der Waals surface area contributed by atoms with Crippen molar-refractivity contribution < 1.29 is 4.74 Å². The lowest BCUT2D eigenvalue weighted by Crippen LogP contribution is -2.27. The van der Waals surface area contributed by atoms with Crippen LogP contribution in [0.3, 0.4) is 0 Å². The Balaban J connectivity index is 1.96. The molecule has 0 aliphatic heterocycles. The first-order chi connectivity index (χ1) is 6.38. The second-order valence-corrected chi connectivity index (χ2v) is 3.22. The fourth-order valence-electron chi connectivity index (χ4n) is 1.23. The maximum absolute atomic E-state index is 4.96. The Labute approximate surface area is 77.4 Å². The van der Waals surface area contributed by atoms with E-state index in [2.05, 4.69) is 15.3 Å². The number of hydrogen-bond donors (Lipinski definition) is 1. The third kappa shape index (κ3) is 1.88. The third-order valence-corrected chi connectivity index (χ3v) is 2.30. The molecule has 4 nitrogen and oxygen atoms in total. The van der Waals surface area contributed by atoms with Gasteiger partial charge in [-0.1, -0.05) is 0 Å². The molecule has 0 amide bonds. The van der Waals surface area contributed by atoms with E-state index in [1.807, 2.05) is 0 Å². The van der Waals surface area contributed by atoms with E-state index in [-0.39, 0.29) is 0 Å². The largest absolute Gasteiger partial charge is 0.494 e. The molecule has 1 aliphatic carbocycles. The van der Waals surface area contributed by atoms with Crippen molar-refractivity contribution in [3.05, 3.63) is 12.4 Å². The second kappa shape index (κ2) is 3.60. The van der Waals surface area contributed by atoms with Gasteiger partial charge in [0.2, 0.25) is 5.95 Å². The zero-order valence-corrected chi connectivity index (χ0v) is 7.66. The number of nitrogens with one attached hydrogen (secondary N) is 1. The second-order valence-electron chi connectivity index (χ2n) is 3.22. The number of rotatable bonds is 3. The van der Waals surface area contributed by atoms with Crippen LogP contribution in [-0.4, -0.2) is 23.1 Å². The van der Waals surface area contributed by atoms with Gasteiger partial charge in [-0.15, -0.1) is 0 Å². The predicted molar refractivity (Wildman–Crippen MR) is 49.8 cm³/mol. The molecule has 1 aromatic heterocycles. The quantitative estimate of drug-likeness (QED) is 0.762. The number of nitrogens with zero attached hydrogens (tertiary/aromatic N) is 2. The van der Waals surface area contributed by atoms with Crippen molar-refractivity contribution in [3.63, 3.8) is 0 Å². The standard InChI is InChI=1S/C9H13N3O/c1-13-8-5-10-9(11-6-8)12-7-3-2-4-7/h5-7H,2-4H2,1H3,(H,10,11,12). The Morgan fingerprint density at radius 2 is 2.08 bits per heavy atom. The Morgan fingerprint density at radius 1 is 1.38 bits per heavy atom. The first-order valence-corrected chi connectivity index (χ1v) is 4.51. The lowest BCUT2D eigenvalue weighted by atomic mass is 9.93. The van der Waals surface area contributed by atoms with Crippen molar-refractivity contribution in [1.82, 2.24) is 9.97 Å². The highest BCUT2D eigenvalue weighted by molar-refractivity contribution is 5.28. The van der Waals surface area contributed by atoms with Gasteiger partial charge in [0.05, 0.1) is 19.5 Å². The van der Waals surface area contributed by atoms with Gasteiger partial charge in [0, 0.05) is 6.04 Å². The summed E-state index contributed by atoms with van der Waals surface area (Å²) >= 11 is 0. The van der Waals surface area contributed by atoms with E-state index in [4.69, 9.17) is 4.74 Å². The van der Waals surface area contributed by atoms with Crippen LogP contribution in [0.5, 0.6) is 5.75 Å². The molecule has 1 fully saturated rings. The Hall–Kier alpha value is -1.32. The van der Waals surface area contributed by atoms with E-state index >= 15 is 0 Å². The summed E-state index contributed by atoms with van der Waals surface area (Å²) in [5.74, 6) is 1.39. The van der Waals surface area contributed by atoms with Crippen molar-refractivity contribution in [1.29, 1.82) is 0 Å². The SMILES string of the molecule is COc1cnc(NC2CCC2)nc1. The van der Waals surface area contributed by atoms with Crippen LogP contribution in [0.15, 0.2) is 12.4 Å². The van der Waals surface area contributed by atoms with Gasteiger partial charge in [0.15, 0.2) is 5.75 Å². The number of methoxy groups -OCH3 is 1. The molecule has 1 aliphatic rings. The predicted octanol–water partition coefficient (Wildman–Crippen LogP) is 1.45. The normalized spacial score (nSPS) is 16.4. The van der Waals surface area contributed by atoms with E-state index in [0.717, 1.165) is 0 Å². The fraction of sp³-hybridized carbons (Fsp3) is 0.556. The van der Waals surface area contributed by atoms with Crippen molar-refractivity contribution in [3.8, 4) is 5.75 Å². The molecule has 1 heterocycles. The first-order valence-electron chi connectivity index (χ1n) is 4.51. The van der Waals surface area contributed by atoms with Crippen molar-refractivity contribution in [2.45, 2.75) is 25.3 Å². The summed E-state index contributed by atoms with van der Waals surface area (Å²) < 4.78 is 4.96. The molecule has 0 saturated heterocycles. The Morgan fingerprint density at radius 3 is 2.54 bits per heavy atom. The van der Waals surface area contributed by atoms with Gasteiger partial charge in [-0.05, 0) is 19.3 Å². The van der Waals surface area contributed by atoms with Gasteiger partial charge in [0.25, 0.3) is 0 Å². The van der Waals surface area contributed by atoms with Gasteiger partial charge in [0.1, 0.15) is 0 Å². The summed E-state index contributed by atoms with van der Waals surface area (Å²) in [6, 6.07) is 0.577. The summed E-state index contributed by atoms with van der Waals surface area (Å²) in [5, 5.41) is 3.25. The van der Waals surface area contributed by atoms with Gasteiger partial charge in [-0.3, -0.25) is 0 Å². The topological polar surface area (TPSA) is 47.0 Å². The molecule has 0 bridgehead atoms. The Bertz CT molecular complexity index is 269. The van der Waals surface area contributed by atoms with Crippen LogP contribution in [0.25, 0.3) is 0 Å². The fourth-order valence-corrected chi connectivity index (χ4v) is 1.23. The maximum Gasteiger partial charge on any atom is 0.223 e. The van der Waals surface area contributed by atoms with Crippen molar-refractivity contribution in [2.24, 2.45) is 0 Å². The van der Waals surface area contributed by atoms with E-state index in [0.29, 0.717) is 17.7 Å². The first kappa shape index (κ1) is 8.29. The van der Waals surface area contributed by atoms with Crippen LogP contribution in [0.4, 0.5) is 5.95 Å². The summed E-state index contributed by atoms with van der Waals surface area (Å²) in [4.78, 5) is 8.25. The van der Waals surface area contributed by atoms with E-state index < -0.39 is 0 Å². The number of aromatic nitrogens is 2. The molecule has 0 unspecified atom stereocenters. The van der Waals surface area contributed by atoms with Gasteiger partial charge in [-0.2, -0.15) is 0 Å². The smallest absolute Gasteiger partial charge is 0.223 e. The molecule has 1 saturated carbocycles. The van der Waals surface area contributed by atoms with Crippen molar-refractivity contribution in [2.75, 3.05) is 12.4 Å². The van der Waals surface area contributed by atoms with Crippen molar-refractivity contribution >= 4 is 5.95 Å². The maximum atomic E-state index is 4.96. The molecule has 1 aromatic rings. The molecular formula is C9H13N3O. The highest BCUT2D eigenvalue weighted by Gasteiger charge is 2.17. The molecule has 0 atom stereocenters. The summed E-state index contributed by atoms with van der Waals surface area (Å²) in [6.45, 7) is 0. The highest BCUT2D eigenvalue weighted by Crippen LogP contribution is 2.21. The average molecular weight is 179 g/mol. The minimum Gasteiger partial charge on any atom is -0.494 e. The molecule has 0 aromatic carbocycles. The lowest BCUT2D eigenvalue weighted by molar-refractivity contribution is 0.410. The zero-order valence-electron chi connectivity index (χ0n) is 7.66. The highest BCUT2D eigenvalue weighted by atomic mass is 16.5. The monoisotopic (exact) mass is 179 g/mol. The van der Waals surface area contributed by atoms with Crippen LogP contribution >= 0.6 is 0 Å². The summed E-state index contributed by atoms with van der Waals surface area (Å²) in [6.07, 6.45) is 7.13. The number of ether oxygens (including phenoxy) is 1. The van der Waals surface area contributed by atoms with Crippen LogP contribution in [-0.2, 0) is 0 Å². The zero-order chi connectivity index (χ0) is 9.10. The van der Waals surface area contributed by atoms with Gasteiger partial charge in [-0.25, -0.2) is 9.97 Å². The van der Waals surface area contributed by atoms with E-state index in [1.165, 1.54) is 19.3 Å². The lowest BCUT2D eigenvalue weighted by Gasteiger charge is -2.26. The van der Waals surface area contributed by atoms with Crippen LogP contribution < -0.4 is 10.1 Å². The number of anilines is 1. The molecule has 70 valence electrons. The van der Waals surface area contributed by atoms with E-state index in [1.54, 1.807) is 19.5 Å². The summed E-state index contributed by atoms with van der Waals surface area (Å²) in [7, 11) is 1.61. The molecule has 1 N–H and O–H groups in total. The number of hydrogen-bond acceptors (Lipinski definition) is 4. The third-order valence-electron chi connectivity index (χ3n) is 2.30. The molecule has 4 heteroatoms. The minimum atomic E-state index is 0.577.